The quantitative estimate of drug-likeness (QED) is 0.538. The van der Waals surface area contributed by atoms with Gasteiger partial charge < -0.3 is 9.47 Å². The van der Waals surface area contributed by atoms with Crippen molar-refractivity contribution in [1.29, 1.82) is 0 Å². The van der Waals surface area contributed by atoms with Gasteiger partial charge in [0.15, 0.2) is 6.29 Å². The van der Waals surface area contributed by atoms with Crippen LogP contribution in [0.5, 0.6) is 0 Å². The predicted molar refractivity (Wildman–Crippen MR) is 82.7 cm³/mol. The number of hydrogen-bond donors (Lipinski definition) is 0. The van der Waals surface area contributed by atoms with Gasteiger partial charge in [0.05, 0.1) is 12.7 Å². The first-order valence-electron chi connectivity index (χ1n) is 7.69. The Morgan fingerprint density at radius 2 is 2.10 bits per heavy atom. The SMILES string of the molecule is C=C(C)CCCO[C@H]1CCC[C@@H](Cc2ccccc2)O1. The molecule has 1 heterocycles. The molecule has 1 aromatic rings. The Balaban J connectivity index is 1.70. The Morgan fingerprint density at radius 3 is 2.85 bits per heavy atom. The summed E-state index contributed by atoms with van der Waals surface area (Å²) in [4.78, 5) is 0. The number of benzene rings is 1. The Kier molecular flexibility index (Phi) is 6.28. The highest BCUT2D eigenvalue weighted by atomic mass is 16.7. The number of allylic oxidation sites excluding steroid dienone is 1. The second-order valence-electron chi connectivity index (χ2n) is 5.74. The lowest BCUT2D eigenvalue weighted by Gasteiger charge is -2.30. The normalized spacial score (nSPS) is 22.6. The minimum Gasteiger partial charge on any atom is -0.353 e. The monoisotopic (exact) mass is 274 g/mol. The summed E-state index contributed by atoms with van der Waals surface area (Å²) in [5.74, 6) is 0. The maximum Gasteiger partial charge on any atom is 0.157 e. The molecule has 2 rings (SSSR count). The molecule has 20 heavy (non-hydrogen) atoms. The summed E-state index contributed by atoms with van der Waals surface area (Å²) in [6, 6.07) is 10.6. The summed E-state index contributed by atoms with van der Waals surface area (Å²) in [5, 5.41) is 0. The number of hydrogen-bond acceptors (Lipinski definition) is 2. The fourth-order valence-electron chi connectivity index (χ4n) is 2.60. The van der Waals surface area contributed by atoms with Crippen LogP contribution in [-0.2, 0) is 15.9 Å². The third kappa shape index (κ3) is 5.48. The highest BCUT2D eigenvalue weighted by Gasteiger charge is 2.22. The van der Waals surface area contributed by atoms with E-state index in [-0.39, 0.29) is 6.29 Å². The second kappa shape index (κ2) is 8.23. The van der Waals surface area contributed by atoms with Gasteiger partial charge in [0.2, 0.25) is 0 Å². The van der Waals surface area contributed by atoms with Crippen molar-refractivity contribution in [2.24, 2.45) is 0 Å². The van der Waals surface area contributed by atoms with E-state index < -0.39 is 0 Å². The van der Waals surface area contributed by atoms with Gasteiger partial charge >= 0.3 is 0 Å². The molecule has 0 amide bonds. The first-order chi connectivity index (χ1) is 9.74. The summed E-state index contributed by atoms with van der Waals surface area (Å²) in [6.07, 6.45) is 6.73. The van der Waals surface area contributed by atoms with E-state index in [1.54, 1.807) is 0 Å². The van der Waals surface area contributed by atoms with Gasteiger partial charge in [-0.2, -0.15) is 0 Å². The van der Waals surface area contributed by atoms with Crippen LogP contribution in [0.4, 0.5) is 0 Å². The van der Waals surface area contributed by atoms with E-state index >= 15 is 0 Å². The van der Waals surface area contributed by atoms with Crippen LogP contribution in [0.3, 0.4) is 0 Å². The van der Waals surface area contributed by atoms with Gasteiger partial charge in [-0.15, -0.1) is 6.58 Å². The van der Waals surface area contributed by atoms with Gasteiger partial charge in [0.25, 0.3) is 0 Å². The zero-order valence-electron chi connectivity index (χ0n) is 12.5. The molecule has 110 valence electrons. The van der Waals surface area contributed by atoms with Crippen LogP contribution in [0.2, 0.25) is 0 Å². The lowest BCUT2D eigenvalue weighted by atomic mass is 10.0. The molecule has 1 saturated heterocycles. The minimum atomic E-state index is -0.0115. The molecule has 0 N–H and O–H groups in total. The molecular formula is C18H26O2. The van der Waals surface area contributed by atoms with E-state index in [9.17, 15) is 0 Å². The Bertz CT molecular complexity index is 399. The van der Waals surface area contributed by atoms with Crippen molar-refractivity contribution in [3.05, 3.63) is 48.0 Å². The molecule has 2 nitrogen and oxygen atoms in total. The van der Waals surface area contributed by atoms with Crippen LogP contribution in [0.25, 0.3) is 0 Å². The molecular weight excluding hydrogens is 248 g/mol. The lowest BCUT2D eigenvalue weighted by molar-refractivity contribution is -0.193. The van der Waals surface area contributed by atoms with Crippen LogP contribution in [-0.4, -0.2) is 19.0 Å². The smallest absolute Gasteiger partial charge is 0.157 e. The fraction of sp³-hybridized carbons (Fsp3) is 0.556. The topological polar surface area (TPSA) is 18.5 Å². The summed E-state index contributed by atoms with van der Waals surface area (Å²) in [5.41, 5.74) is 2.57. The zero-order chi connectivity index (χ0) is 14.2. The number of rotatable bonds is 7. The van der Waals surface area contributed by atoms with E-state index in [1.807, 2.05) is 0 Å². The second-order valence-corrected chi connectivity index (χ2v) is 5.74. The minimum absolute atomic E-state index is 0.0115. The van der Waals surface area contributed by atoms with Crippen molar-refractivity contribution < 1.29 is 9.47 Å². The van der Waals surface area contributed by atoms with Crippen molar-refractivity contribution in [3.8, 4) is 0 Å². The van der Waals surface area contributed by atoms with Crippen molar-refractivity contribution >= 4 is 0 Å². The summed E-state index contributed by atoms with van der Waals surface area (Å²) < 4.78 is 11.9. The van der Waals surface area contributed by atoms with Gasteiger partial charge in [-0.05, 0) is 51.0 Å². The van der Waals surface area contributed by atoms with Crippen LogP contribution in [0, 0.1) is 0 Å². The van der Waals surface area contributed by atoms with Crippen LogP contribution < -0.4 is 0 Å². The molecule has 0 aliphatic carbocycles. The largest absolute Gasteiger partial charge is 0.353 e. The summed E-state index contributed by atoms with van der Waals surface area (Å²) in [7, 11) is 0. The molecule has 1 aliphatic rings. The maximum atomic E-state index is 6.05. The van der Waals surface area contributed by atoms with Crippen molar-refractivity contribution in [3.63, 3.8) is 0 Å². The zero-order valence-corrected chi connectivity index (χ0v) is 12.5. The Labute approximate surface area is 122 Å². The molecule has 1 aromatic carbocycles. The van der Waals surface area contributed by atoms with E-state index in [0.717, 1.165) is 38.7 Å². The molecule has 0 saturated carbocycles. The van der Waals surface area contributed by atoms with Crippen molar-refractivity contribution in [1.82, 2.24) is 0 Å². The third-order valence-corrected chi connectivity index (χ3v) is 3.67. The molecule has 0 unspecified atom stereocenters. The van der Waals surface area contributed by atoms with Gasteiger partial charge in [-0.25, -0.2) is 0 Å². The van der Waals surface area contributed by atoms with Crippen molar-refractivity contribution in [2.45, 2.75) is 57.8 Å². The van der Waals surface area contributed by atoms with E-state index in [2.05, 4.69) is 43.8 Å². The van der Waals surface area contributed by atoms with Gasteiger partial charge in [0.1, 0.15) is 0 Å². The standard InChI is InChI=1S/C18H26O2/c1-15(2)8-7-13-19-18-12-6-11-17(20-18)14-16-9-4-3-5-10-16/h3-5,9-10,17-18H,1,6-8,11-14H2,2H3/t17-,18+/m0/s1. The molecule has 0 bridgehead atoms. The van der Waals surface area contributed by atoms with Crippen LogP contribution in [0.15, 0.2) is 42.5 Å². The van der Waals surface area contributed by atoms with E-state index in [4.69, 9.17) is 9.47 Å². The highest BCUT2D eigenvalue weighted by molar-refractivity contribution is 5.15. The molecule has 2 atom stereocenters. The van der Waals surface area contributed by atoms with Crippen LogP contribution in [0.1, 0.15) is 44.6 Å². The molecule has 0 aromatic heterocycles. The Morgan fingerprint density at radius 1 is 1.30 bits per heavy atom. The predicted octanol–water partition coefficient (Wildman–Crippen LogP) is 4.50. The lowest BCUT2D eigenvalue weighted by Crippen LogP contribution is -2.31. The first kappa shape index (κ1) is 15.3. The average molecular weight is 274 g/mol. The van der Waals surface area contributed by atoms with Gasteiger partial charge in [-0.3, -0.25) is 0 Å². The van der Waals surface area contributed by atoms with Crippen LogP contribution >= 0.6 is 0 Å². The maximum absolute atomic E-state index is 6.05. The first-order valence-corrected chi connectivity index (χ1v) is 7.69. The van der Waals surface area contributed by atoms with E-state index in [0.29, 0.717) is 6.10 Å². The molecule has 2 heteroatoms. The summed E-state index contributed by atoms with van der Waals surface area (Å²) in [6.45, 7) is 6.75. The molecule has 0 radical (unpaired) electrons. The van der Waals surface area contributed by atoms with Gasteiger partial charge in [0, 0.05) is 0 Å². The molecule has 1 aliphatic heterocycles. The average Bonchev–Trinajstić information content (AvgIpc) is 2.45. The highest BCUT2D eigenvalue weighted by Crippen LogP contribution is 2.23. The summed E-state index contributed by atoms with van der Waals surface area (Å²) >= 11 is 0. The van der Waals surface area contributed by atoms with Gasteiger partial charge in [-0.1, -0.05) is 35.9 Å². The third-order valence-electron chi connectivity index (χ3n) is 3.67. The van der Waals surface area contributed by atoms with E-state index in [1.165, 1.54) is 17.6 Å². The fourth-order valence-corrected chi connectivity index (χ4v) is 2.60. The Hall–Kier alpha value is -1.12. The van der Waals surface area contributed by atoms with Crippen molar-refractivity contribution in [2.75, 3.05) is 6.61 Å². The molecule has 0 spiro atoms. The molecule has 1 fully saturated rings. The number of ether oxygens (including phenoxy) is 2.